The van der Waals surface area contributed by atoms with Crippen LogP contribution in [0.15, 0.2) is 36.4 Å². The van der Waals surface area contributed by atoms with Gasteiger partial charge in [0.15, 0.2) is 5.82 Å². The summed E-state index contributed by atoms with van der Waals surface area (Å²) in [5, 5.41) is 8.48. The van der Waals surface area contributed by atoms with Crippen molar-refractivity contribution in [3.63, 3.8) is 0 Å². The second-order valence-electron chi connectivity index (χ2n) is 8.13. The molecule has 2 aromatic rings. The van der Waals surface area contributed by atoms with Crippen LogP contribution in [0.25, 0.3) is 0 Å². The van der Waals surface area contributed by atoms with Crippen LogP contribution in [0, 0.1) is 12.8 Å². The van der Waals surface area contributed by atoms with Gasteiger partial charge in [0.25, 0.3) is 0 Å². The summed E-state index contributed by atoms with van der Waals surface area (Å²) in [6.45, 7) is 7.95. The molecule has 0 spiro atoms. The summed E-state index contributed by atoms with van der Waals surface area (Å²) in [4.78, 5) is 16.7. The zero-order valence-corrected chi connectivity index (χ0v) is 17.6. The third-order valence-corrected chi connectivity index (χ3v) is 5.61. The van der Waals surface area contributed by atoms with Gasteiger partial charge in [0, 0.05) is 32.7 Å². The van der Waals surface area contributed by atoms with Crippen molar-refractivity contribution in [3.8, 4) is 5.75 Å². The highest BCUT2D eigenvalue weighted by Gasteiger charge is 2.23. The minimum atomic E-state index is -0.249. The van der Waals surface area contributed by atoms with Crippen LogP contribution in [0.2, 0.25) is 0 Å². The molecule has 1 saturated heterocycles. The Morgan fingerprint density at radius 1 is 1.03 bits per heavy atom. The first-order valence-electron chi connectivity index (χ1n) is 10.8. The van der Waals surface area contributed by atoms with Crippen LogP contribution >= 0.6 is 0 Å². The van der Waals surface area contributed by atoms with E-state index < -0.39 is 0 Å². The lowest BCUT2D eigenvalue weighted by atomic mass is 10.2. The van der Waals surface area contributed by atoms with Crippen LogP contribution in [0.5, 0.6) is 5.75 Å². The van der Waals surface area contributed by atoms with Crippen LogP contribution in [-0.2, 0) is 4.74 Å². The molecule has 1 aromatic heterocycles. The zero-order valence-electron chi connectivity index (χ0n) is 17.6. The summed E-state index contributed by atoms with van der Waals surface area (Å²) in [6.07, 6.45) is 3.44. The molecule has 0 N–H and O–H groups in total. The van der Waals surface area contributed by atoms with E-state index in [0.29, 0.717) is 24.7 Å². The molecule has 2 fully saturated rings. The van der Waals surface area contributed by atoms with Crippen LogP contribution in [0.1, 0.15) is 35.3 Å². The van der Waals surface area contributed by atoms with E-state index in [1.165, 1.54) is 12.8 Å². The van der Waals surface area contributed by atoms with Crippen molar-refractivity contribution in [2.24, 2.45) is 5.92 Å². The maximum absolute atomic E-state index is 12.0. The highest BCUT2D eigenvalue weighted by atomic mass is 16.5. The first-order valence-corrected chi connectivity index (χ1v) is 10.8. The fourth-order valence-corrected chi connectivity index (χ4v) is 3.53. The van der Waals surface area contributed by atoms with Gasteiger partial charge in [-0.05, 0) is 68.5 Å². The van der Waals surface area contributed by atoms with Crippen LogP contribution in [0.4, 0.5) is 5.82 Å². The number of carbonyl (C=O) groups excluding carboxylic acids is 1. The summed E-state index contributed by atoms with van der Waals surface area (Å²) >= 11 is 0. The topological polar surface area (TPSA) is 67.8 Å². The van der Waals surface area contributed by atoms with E-state index in [9.17, 15) is 4.79 Å². The molecule has 7 nitrogen and oxygen atoms in total. The zero-order chi connectivity index (χ0) is 20.8. The molecule has 1 aliphatic heterocycles. The molecule has 1 aromatic carbocycles. The Kier molecular flexibility index (Phi) is 6.79. The summed E-state index contributed by atoms with van der Waals surface area (Å²) in [7, 11) is 0. The highest BCUT2D eigenvalue weighted by Crippen LogP contribution is 2.29. The lowest BCUT2D eigenvalue weighted by molar-refractivity contribution is 0.0486. The lowest BCUT2D eigenvalue weighted by Crippen LogP contribution is -2.33. The first-order chi connectivity index (χ1) is 14.7. The number of esters is 1. The van der Waals surface area contributed by atoms with Gasteiger partial charge in [-0.1, -0.05) is 0 Å². The monoisotopic (exact) mass is 410 g/mol. The van der Waals surface area contributed by atoms with Crippen molar-refractivity contribution in [1.29, 1.82) is 0 Å². The second kappa shape index (κ2) is 9.89. The number of hydrogen-bond acceptors (Lipinski definition) is 7. The van der Waals surface area contributed by atoms with Crippen LogP contribution in [-0.4, -0.2) is 67.0 Å². The van der Waals surface area contributed by atoms with Crippen molar-refractivity contribution in [3.05, 3.63) is 47.7 Å². The van der Waals surface area contributed by atoms with E-state index in [4.69, 9.17) is 9.47 Å². The maximum Gasteiger partial charge on any atom is 0.338 e. The van der Waals surface area contributed by atoms with Crippen LogP contribution < -0.4 is 9.64 Å². The van der Waals surface area contributed by atoms with E-state index in [1.54, 1.807) is 12.1 Å². The number of hydrogen-bond donors (Lipinski definition) is 0. The third-order valence-electron chi connectivity index (χ3n) is 5.61. The molecule has 0 radical (unpaired) electrons. The largest absolute Gasteiger partial charge is 0.492 e. The SMILES string of the molecule is Cc1ccc(N2CCCN(CCOc3ccc(C(=O)OCC4CC4)cc3)CC2)nn1. The van der Waals surface area contributed by atoms with Gasteiger partial charge in [0.1, 0.15) is 12.4 Å². The third kappa shape index (κ3) is 5.92. The predicted molar refractivity (Wildman–Crippen MR) is 115 cm³/mol. The number of benzene rings is 1. The lowest BCUT2D eigenvalue weighted by Gasteiger charge is -2.22. The minimum Gasteiger partial charge on any atom is -0.492 e. The van der Waals surface area contributed by atoms with Gasteiger partial charge >= 0.3 is 5.97 Å². The number of anilines is 1. The Hall–Kier alpha value is -2.67. The summed E-state index contributed by atoms with van der Waals surface area (Å²) in [6, 6.07) is 11.3. The van der Waals surface area contributed by atoms with Gasteiger partial charge < -0.3 is 14.4 Å². The number of rotatable bonds is 8. The second-order valence-corrected chi connectivity index (χ2v) is 8.13. The molecule has 2 heterocycles. The van der Waals surface area contributed by atoms with E-state index in [0.717, 1.165) is 56.4 Å². The van der Waals surface area contributed by atoms with E-state index in [2.05, 4.69) is 20.0 Å². The fraction of sp³-hybridized carbons (Fsp3) is 0.522. The standard InChI is InChI=1S/C23H30N4O3/c1-18-3-10-22(25-24-18)27-12-2-11-26(13-14-27)15-16-29-21-8-6-20(7-9-21)23(28)30-17-19-4-5-19/h3,6-10,19H,2,4-5,11-17H2,1H3. The van der Waals surface area contributed by atoms with Gasteiger partial charge in [-0.15, -0.1) is 5.10 Å². The summed E-state index contributed by atoms with van der Waals surface area (Å²) in [5.41, 5.74) is 1.52. The molecule has 1 saturated carbocycles. The van der Waals surface area contributed by atoms with Gasteiger partial charge in [-0.2, -0.15) is 5.10 Å². The molecule has 1 aliphatic carbocycles. The quantitative estimate of drug-likeness (QED) is 0.620. The Balaban J connectivity index is 1.18. The van der Waals surface area contributed by atoms with Crippen molar-refractivity contribution in [2.75, 3.05) is 50.8 Å². The van der Waals surface area contributed by atoms with Crippen molar-refractivity contribution >= 4 is 11.8 Å². The highest BCUT2D eigenvalue weighted by molar-refractivity contribution is 5.89. The van der Waals surface area contributed by atoms with E-state index in [-0.39, 0.29) is 5.97 Å². The Morgan fingerprint density at radius 2 is 1.87 bits per heavy atom. The number of carbonyl (C=O) groups is 1. The number of aryl methyl sites for hydroxylation is 1. The Bertz CT molecular complexity index is 821. The van der Waals surface area contributed by atoms with E-state index in [1.807, 2.05) is 31.2 Å². The van der Waals surface area contributed by atoms with Gasteiger partial charge in [-0.25, -0.2) is 4.79 Å². The smallest absolute Gasteiger partial charge is 0.338 e. The molecule has 7 heteroatoms. The Morgan fingerprint density at radius 3 is 2.60 bits per heavy atom. The maximum atomic E-state index is 12.0. The molecule has 4 rings (SSSR count). The summed E-state index contributed by atoms with van der Waals surface area (Å²) < 4.78 is 11.2. The van der Waals surface area contributed by atoms with E-state index >= 15 is 0 Å². The van der Waals surface area contributed by atoms with Crippen molar-refractivity contribution < 1.29 is 14.3 Å². The molecule has 0 atom stereocenters. The first kappa shape index (κ1) is 20.6. The molecule has 0 amide bonds. The number of nitrogens with zero attached hydrogens (tertiary/aromatic N) is 4. The minimum absolute atomic E-state index is 0.249. The molecule has 0 unspecified atom stereocenters. The average molecular weight is 411 g/mol. The molecular weight excluding hydrogens is 380 g/mol. The molecule has 30 heavy (non-hydrogen) atoms. The van der Waals surface area contributed by atoms with Gasteiger partial charge in [0.2, 0.25) is 0 Å². The molecular formula is C23H30N4O3. The number of ether oxygens (including phenoxy) is 2. The fourth-order valence-electron chi connectivity index (χ4n) is 3.53. The Labute approximate surface area is 178 Å². The molecule has 0 bridgehead atoms. The van der Waals surface area contributed by atoms with Crippen LogP contribution in [0.3, 0.4) is 0 Å². The van der Waals surface area contributed by atoms with Gasteiger partial charge in [0.05, 0.1) is 17.9 Å². The van der Waals surface area contributed by atoms with Crippen molar-refractivity contribution in [1.82, 2.24) is 15.1 Å². The molecule has 2 aliphatic rings. The predicted octanol–water partition coefficient (Wildman–Crippen LogP) is 2.94. The normalized spacial score (nSPS) is 17.4. The van der Waals surface area contributed by atoms with Crippen molar-refractivity contribution in [2.45, 2.75) is 26.2 Å². The summed E-state index contributed by atoms with van der Waals surface area (Å²) in [5.74, 6) is 2.06. The molecule has 160 valence electrons. The average Bonchev–Trinajstić information content (AvgIpc) is 3.61. The van der Waals surface area contributed by atoms with Gasteiger partial charge in [-0.3, -0.25) is 4.90 Å². The number of aromatic nitrogens is 2.